The number of amides is 1. The van der Waals surface area contributed by atoms with Gasteiger partial charge in [0.15, 0.2) is 0 Å². The fourth-order valence-corrected chi connectivity index (χ4v) is 0.715. The number of nitrogens with two attached hydrogens (primary N) is 1. The fourth-order valence-electron chi connectivity index (χ4n) is 0.715. The van der Waals surface area contributed by atoms with Gasteiger partial charge in [0.1, 0.15) is 6.10 Å². The summed E-state index contributed by atoms with van der Waals surface area (Å²) in [6.07, 6.45) is -0.369. The Morgan fingerprint density at radius 1 is 1.73 bits per heavy atom. The average molecular weight is 160 g/mol. The lowest BCUT2D eigenvalue weighted by atomic mass is 10.3. The average Bonchev–Trinajstić information content (AvgIpc) is 2.02. The second-order valence-corrected chi connectivity index (χ2v) is 2.43. The lowest BCUT2D eigenvalue weighted by molar-refractivity contribution is -0.139. The lowest BCUT2D eigenvalue weighted by Gasteiger charge is -2.19. The van der Waals surface area contributed by atoms with E-state index in [9.17, 15) is 4.79 Å². The van der Waals surface area contributed by atoms with Gasteiger partial charge in [0.2, 0.25) is 0 Å². The first-order valence-corrected chi connectivity index (χ1v) is 3.61. The minimum atomic E-state index is -0.369. The highest BCUT2D eigenvalue weighted by molar-refractivity contribution is 5.80. The van der Waals surface area contributed by atoms with Crippen molar-refractivity contribution in [3.05, 3.63) is 0 Å². The topological polar surface area (TPSA) is 55.6 Å². The zero-order valence-corrected chi connectivity index (χ0v) is 7.33. The van der Waals surface area contributed by atoms with Crippen LogP contribution >= 0.6 is 0 Å². The maximum Gasteiger partial charge on any atom is 0.251 e. The predicted octanol–water partition coefficient (Wildman–Crippen LogP) is -0.562. The SMILES string of the molecule is COC(C)C(=O)N(C)CCN. The molecular weight excluding hydrogens is 144 g/mol. The van der Waals surface area contributed by atoms with E-state index in [0.29, 0.717) is 13.1 Å². The molecular formula is C7H16N2O2. The third-order valence-corrected chi connectivity index (χ3v) is 1.54. The van der Waals surface area contributed by atoms with Crippen molar-refractivity contribution >= 4 is 5.91 Å². The van der Waals surface area contributed by atoms with Gasteiger partial charge in [-0.3, -0.25) is 4.79 Å². The molecule has 0 aliphatic carbocycles. The zero-order valence-electron chi connectivity index (χ0n) is 7.33. The molecule has 0 aliphatic rings. The molecule has 1 atom stereocenters. The van der Waals surface area contributed by atoms with Crippen LogP contribution in [-0.2, 0) is 9.53 Å². The van der Waals surface area contributed by atoms with Gasteiger partial charge in [-0.2, -0.15) is 0 Å². The highest BCUT2D eigenvalue weighted by Gasteiger charge is 2.15. The highest BCUT2D eigenvalue weighted by Crippen LogP contribution is 1.93. The summed E-state index contributed by atoms with van der Waals surface area (Å²) in [6, 6.07) is 0. The lowest BCUT2D eigenvalue weighted by Crippen LogP contribution is -2.38. The molecule has 1 unspecified atom stereocenters. The number of likely N-dealkylation sites (N-methyl/N-ethyl adjacent to an activating group) is 1. The monoisotopic (exact) mass is 160 g/mol. The number of nitrogens with zero attached hydrogens (tertiary/aromatic N) is 1. The third-order valence-electron chi connectivity index (χ3n) is 1.54. The van der Waals surface area contributed by atoms with Crippen LogP contribution in [0.3, 0.4) is 0 Å². The Hall–Kier alpha value is -0.610. The van der Waals surface area contributed by atoms with Crippen LogP contribution in [0.1, 0.15) is 6.92 Å². The number of rotatable bonds is 4. The van der Waals surface area contributed by atoms with Crippen molar-refractivity contribution in [2.45, 2.75) is 13.0 Å². The van der Waals surface area contributed by atoms with Crippen LogP contribution in [0.5, 0.6) is 0 Å². The molecule has 0 rings (SSSR count). The van der Waals surface area contributed by atoms with E-state index in [-0.39, 0.29) is 12.0 Å². The van der Waals surface area contributed by atoms with Crippen molar-refractivity contribution < 1.29 is 9.53 Å². The number of ether oxygens (including phenoxy) is 1. The first kappa shape index (κ1) is 10.4. The molecule has 0 aromatic heterocycles. The standard InChI is InChI=1S/C7H16N2O2/c1-6(11-3)7(10)9(2)5-4-8/h6H,4-5,8H2,1-3H3. The van der Waals surface area contributed by atoms with Gasteiger partial charge in [0, 0.05) is 27.2 Å². The van der Waals surface area contributed by atoms with Gasteiger partial charge in [0.25, 0.3) is 5.91 Å². The van der Waals surface area contributed by atoms with Gasteiger partial charge < -0.3 is 15.4 Å². The molecule has 2 N–H and O–H groups in total. The summed E-state index contributed by atoms with van der Waals surface area (Å²) in [6.45, 7) is 2.78. The molecule has 0 spiro atoms. The van der Waals surface area contributed by atoms with Crippen LogP contribution in [0.15, 0.2) is 0 Å². The molecule has 0 saturated carbocycles. The molecule has 4 heteroatoms. The Balaban J connectivity index is 3.81. The second kappa shape index (κ2) is 5.09. The minimum absolute atomic E-state index is 0.0297. The van der Waals surface area contributed by atoms with Crippen LogP contribution in [0.4, 0.5) is 0 Å². The summed E-state index contributed by atoms with van der Waals surface area (Å²) in [5, 5.41) is 0. The Bertz CT molecular complexity index is 128. The number of hydrogen-bond donors (Lipinski definition) is 1. The summed E-state index contributed by atoms with van der Waals surface area (Å²) >= 11 is 0. The van der Waals surface area contributed by atoms with E-state index in [2.05, 4.69) is 0 Å². The number of methoxy groups -OCH3 is 1. The van der Waals surface area contributed by atoms with E-state index < -0.39 is 0 Å². The highest BCUT2D eigenvalue weighted by atomic mass is 16.5. The van der Waals surface area contributed by atoms with Gasteiger partial charge in [-0.15, -0.1) is 0 Å². The van der Waals surface area contributed by atoms with E-state index >= 15 is 0 Å². The number of carbonyl (C=O) groups excluding carboxylic acids is 1. The van der Waals surface area contributed by atoms with E-state index in [1.54, 1.807) is 18.9 Å². The van der Waals surface area contributed by atoms with E-state index in [4.69, 9.17) is 10.5 Å². The Morgan fingerprint density at radius 3 is 2.64 bits per heavy atom. The quantitative estimate of drug-likeness (QED) is 0.599. The Morgan fingerprint density at radius 2 is 2.27 bits per heavy atom. The maximum absolute atomic E-state index is 11.2. The molecule has 0 heterocycles. The first-order chi connectivity index (χ1) is 5.13. The van der Waals surface area contributed by atoms with Gasteiger partial charge in [-0.05, 0) is 6.92 Å². The number of hydrogen-bond acceptors (Lipinski definition) is 3. The van der Waals surface area contributed by atoms with Crippen molar-refractivity contribution in [1.82, 2.24) is 4.90 Å². The van der Waals surface area contributed by atoms with E-state index in [1.165, 1.54) is 7.11 Å². The predicted molar refractivity (Wildman–Crippen MR) is 43.2 cm³/mol. The molecule has 1 amide bonds. The summed E-state index contributed by atoms with van der Waals surface area (Å²) in [5.41, 5.74) is 5.27. The maximum atomic E-state index is 11.2. The molecule has 0 saturated heterocycles. The van der Waals surface area contributed by atoms with Crippen molar-refractivity contribution in [3.8, 4) is 0 Å². The van der Waals surface area contributed by atoms with Crippen LogP contribution in [0.2, 0.25) is 0 Å². The molecule has 4 nitrogen and oxygen atoms in total. The summed E-state index contributed by atoms with van der Waals surface area (Å²) in [7, 11) is 3.23. The Kier molecular flexibility index (Phi) is 4.81. The zero-order chi connectivity index (χ0) is 8.85. The van der Waals surface area contributed by atoms with Gasteiger partial charge in [0.05, 0.1) is 0 Å². The molecule has 0 bridgehead atoms. The van der Waals surface area contributed by atoms with E-state index in [0.717, 1.165) is 0 Å². The third kappa shape index (κ3) is 3.34. The molecule has 0 fully saturated rings. The van der Waals surface area contributed by atoms with Gasteiger partial charge in [-0.1, -0.05) is 0 Å². The van der Waals surface area contributed by atoms with Crippen LogP contribution < -0.4 is 5.73 Å². The minimum Gasteiger partial charge on any atom is -0.372 e. The van der Waals surface area contributed by atoms with Crippen molar-refractivity contribution in [1.29, 1.82) is 0 Å². The van der Waals surface area contributed by atoms with Crippen molar-refractivity contribution in [3.63, 3.8) is 0 Å². The summed E-state index contributed by atoms with van der Waals surface area (Å²) in [4.78, 5) is 12.8. The first-order valence-electron chi connectivity index (χ1n) is 3.61. The molecule has 66 valence electrons. The smallest absolute Gasteiger partial charge is 0.251 e. The number of carbonyl (C=O) groups is 1. The molecule has 11 heavy (non-hydrogen) atoms. The largest absolute Gasteiger partial charge is 0.372 e. The van der Waals surface area contributed by atoms with Crippen LogP contribution in [-0.4, -0.2) is 44.2 Å². The van der Waals surface area contributed by atoms with Gasteiger partial charge >= 0.3 is 0 Å². The molecule has 0 aliphatic heterocycles. The van der Waals surface area contributed by atoms with Crippen molar-refractivity contribution in [2.24, 2.45) is 5.73 Å². The Labute approximate surface area is 67.3 Å². The molecule has 0 aromatic carbocycles. The normalized spacial score (nSPS) is 12.7. The summed E-state index contributed by atoms with van der Waals surface area (Å²) < 4.78 is 4.85. The van der Waals surface area contributed by atoms with Crippen molar-refractivity contribution in [2.75, 3.05) is 27.2 Å². The fraction of sp³-hybridized carbons (Fsp3) is 0.857. The van der Waals surface area contributed by atoms with Gasteiger partial charge in [-0.25, -0.2) is 0 Å². The van der Waals surface area contributed by atoms with Crippen LogP contribution in [0.25, 0.3) is 0 Å². The molecule has 0 radical (unpaired) electrons. The molecule has 0 aromatic rings. The summed E-state index contributed by atoms with van der Waals surface area (Å²) in [5.74, 6) is -0.0297. The second-order valence-electron chi connectivity index (χ2n) is 2.43. The van der Waals surface area contributed by atoms with Crippen LogP contribution in [0, 0.1) is 0 Å². The van der Waals surface area contributed by atoms with E-state index in [1.807, 2.05) is 0 Å².